The van der Waals surface area contributed by atoms with Crippen molar-refractivity contribution in [2.45, 2.75) is 20.4 Å². The fraction of sp³-hybridized carbons (Fsp3) is 0.278. The molecule has 0 bridgehead atoms. The van der Waals surface area contributed by atoms with Crippen LogP contribution in [-0.2, 0) is 6.54 Å². The molecule has 1 N–H and O–H groups in total. The van der Waals surface area contributed by atoms with Crippen LogP contribution in [0.5, 0.6) is 11.5 Å². The monoisotopic (exact) mass is 299 g/mol. The first-order chi connectivity index (χ1) is 10.5. The van der Waals surface area contributed by atoms with Crippen molar-refractivity contribution in [3.05, 3.63) is 58.7 Å². The first-order valence-corrected chi connectivity index (χ1v) is 7.11. The van der Waals surface area contributed by atoms with Crippen molar-refractivity contribution in [2.24, 2.45) is 0 Å². The number of benzene rings is 2. The average Bonchev–Trinajstić information content (AvgIpc) is 2.53. The number of carbonyl (C=O) groups excluding carboxylic acids is 1. The van der Waals surface area contributed by atoms with E-state index >= 15 is 0 Å². The summed E-state index contributed by atoms with van der Waals surface area (Å²) in [4.78, 5) is 12.3. The lowest BCUT2D eigenvalue weighted by molar-refractivity contribution is 0.0950. The van der Waals surface area contributed by atoms with Crippen LogP contribution in [0.1, 0.15) is 27.0 Å². The SMILES string of the molecule is COc1cccc(C(=O)NCc2c(C)cc(C)cc2OC)c1. The van der Waals surface area contributed by atoms with Gasteiger partial charge in [0, 0.05) is 17.7 Å². The van der Waals surface area contributed by atoms with Crippen LogP contribution < -0.4 is 14.8 Å². The zero-order chi connectivity index (χ0) is 16.1. The molecule has 2 aromatic rings. The fourth-order valence-electron chi connectivity index (χ4n) is 2.40. The van der Waals surface area contributed by atoms with E-state index in [2.05, 4.69) is 11.4 Å². The fourth-order valence-corrected chi connectivity index (χ4v) is 2.40. The Morgan fingerprint density at radius 2 is 1.86 bits per heavy atom. The van der Waals surface area contributed by atoms with Gasteiger partial charge in [-0.05, 0) is 49.2 Å². The Labute approximate surface area is 131 Å². The van der Waals surface area contributed by atoms with E-state index in [1.807, 2.05) is 26.0 Å². The van der Waals surface area contributed by atoms with E-state index < -0.39 is 0 Å². The number of hydrogen-bond donors (Lipinski definition) is 1. The van der Waals surface area contributed by atoms with Gasteiger partial charge in [-0.15, -0.1) is 0 Å². The van der Waals surface area contributed by atoms with Crippen molar-refractivity contribution in [3.63, 3.8) is 0 Å². The molecule has 4 nitrogen and oxygen atoms in total. The molecule has 0 spiro atoms. The van der Waals surface area contributed by atoms with Gasteiger partial charge in [0.1, 0.15) is 11.5 Å². The Balaban J connectivity index is 2.14. The number of methoxy groups -OCH3 is 2. The third kappa shape index (κ3) is 3.58. The van der Waals surface area contributed by atoms with Crippen LogP contribution in [0.4, 0.5) is 0 Å². The van der Waals surface area contributed by atoms with E-state index in [1.54, 1.807) is 32.4 Å². The van der Waals surface area contributed by atoms with Gasteiger partial charge in [0.05, 0.1) is 14.2 Å². The predicted molar refractivity (Wildman–Crippen MR) is 86.6 cm³/mol. The van der Waals surface area contributed by atoms with Crippen molar-refractivity contribution in [1.82, 2.24) is 5.32 Å². The Kier molecular flexibility index (Phi) is 5.04. The summed E-state index contributed by atoms with van der Waals surface area (Å²) in [5.41, 5.74) is 3.80. The Morgan fingerprint density at radius 1 is 1.09 bits per heavy atom. The summed E-state index contributed by atoms with van der Waals surface area (Å²) in [6.45, 7) is 4.46. The van der Waals surface area contributed by atoms with Gasteiger partial charge in [-0.1, -0.05) is 12.1 Å². The highest BCUT2D eigenvalue weighted by atomic mass is 16.5. The van der Waals surface area contributed by atoms with E-state index in [-0.39, 0.29) is 5.91 Å². The van der Waals surface area contributed by atoms with E-state index in [1.165, 1.54) is 0 Å². The van der Waals surface area contributed by atoms with Gasteiger partial charge in [-0.25, -0.2) is 0 Å². The van der Waals surface area contributed by atoms with Crippen LogP contribution in [0.3, 0.4) is 0 Å². The summed E-state index contributed by atoms with van der Waals surface area (Å²) in [6.07, 6.45) is 0. The van der Waals surface area contributed by atoms with E-state index in [4.69, 9.17) is 9.47 Å². The molecule has 0 aromatic heterocycles. The highest BCUT2D eigenvalue weighted by Gasteiger charge is 2.11. The number of hydrogen-bond acceptors (Lipinski definition) is 3. The first kappa shape index (κ1) is 15.9. The summed E-state index contributed by atoms with van der Waals surface area (Å²) >= 11 is 0. The standard InChI is InChI=1S/C18H21NO3/c1-12-8-13(2)16(17(9-12)22-4)11-19-18(20)14-6-5-7-15(10-14)21-3/h5-10H,11H2,1-4H3,(H,19,20). The third-order valence-corrected chi connectivity index (χ3v) is 3.55. The second-order valence-electron chi connectivity index (χ2n) is 5.18. The zero-order valence-corrected chi connectivity index (χ0v) is 13.4. The minimum absolute atomic E-state index is 0.138. The molecule has 1 amide bonds. The molecule has 0 aliphatic heterocycles. The Hall–Kier alpha value is -2.49. The summed E-state index contributed by atoms with van der Waals surface area (Å²) < 4.78 is 10.5. The number of aryl methyl sites for hydroxylation is 2. The molecule has 22 heavy (non-hydrogen) atoms. The summed E-state index contributed by atoms with van der Waals surface area (Å²) in [5, 5.41) is 2.93. The van der Waals surface area contributed by atoms with Crippen LogP contribution in [0.15, 0.2) is 36.4 Å². The quantitative estimate of drug-likeness (QED) is 0.922. The minimum Gasteiger partial charge on any atom is -0.497 e. The van der Waals surface area contributed by atoms with Crippen molar-refractivity contribution in [2.75, 3.05) is 14.2 Å². The topological polar surface area (TPSA) is 47.6 Å². The molecule has 0 aliphatic rings. The lowest BCUT2D eigenvalue weighted by atomic mass is 10.0. The first-order valence-electron chi connectivity index (χ1n) is 7.11. The van der Waals surface area contributed by atoms with Gasteiger partial charge < -0.3 is 14.8 Å². The zero-order valence-electron chi connectivity index (χ0n) is 13.4. The Bertz CT molecular complexity index is 680. The normalized spacial score (nSPS) is 10.2. The highest BCUT2D eigenvalue weighted by molar-refractivity contribution is 5.94. The molecule has 116 valence electrons. The van der Waals surface area contributed by atoms with Crippen molar-refractivity contribution in [3.8, 4) is 11.5 Å². The molecule has 0 unspecified atom stereocenters. The average molecular weight is 299 g/mol. The maximum Gasteiger partial charge on any atom is 0.251 e. The molecular formula is C18H21NO3. The smallest absolute Gasteiger partial charge is 0.251 e. The molecule has 0 fully saturated rings. The molecule has 2 aromatic carbocycles. The molecule has 0 aliphatic carbocycles. The lowest BCUT2D eigenvalue weighted by Gasteiger charge is -2.14. The van der Waals surface area contributed by atoms with Crippen molar-refractivity contribution >= 4 is 5.91 Å². The van der Waals surface area contributed by atoms with E-state index in [9.17, 15) is 4.79 Å². The van der Waals surface area contributed by atoms with Gasteiger partial charge >= 0.3 is 0 Å². The number of nitrogens with one attached hydrogen (secondary N) is 1. The van der Waals surface area contributed by atoms with Crippen molar-refractivity contribution < 1.29 is 14.3 Å². The van der Waals surface area contributed by atoms with Gasteiger partial charge in [0.2, 0.25) is 0 Å². The summed E-state index contributed by atoms with van der Waals surface area (Å²) in [5.74, 6) is 1.32. The van der Waals surface area contributed by atoms with Gasteiger partial charge in [0.15, 0.2) is 0 Å². The summed E-state index contributed by atoms with van der Waals surface area (Å²) in [6, 6.07) is 11.1. The van der Waals surface area contributed by atoms with Crippen LogP contribution in [0.25, 0.3) is 0 Å². The number of ether oxygens (including phenoxy) is 2. The Morgan fingerprint density at radius 3 is 2.55 bits per heavy atom. The second-order valence-corrected chi connectivity index (χ2v) is 5.18. The number of amides is 1. The summed E-state index contributed by atoms with van der Waals surface area (Å²) in [7, 11) is 3.22. The second kappa shape index (κ2) is 6.98. The van der Waals surface area contributed by atoms with Crippen LogP contribution in [-0.4, -0.2) is 20.1 Å². The molecule has 0 atom stereocenters. The highest BCUT2D eigenvalue weighted by Crippen LogP contribution is 2.24. The molecule has 2 rings (SSSR count). The van der Waals surface area contributed by atoms with Crippen LogP contribution >= 0.6 is 0 Å². The number of rotatable bonds is 5. The molecule has 0 saturated heterocycles. The largest absolute Gasteiger partial charge is 0.497 e. The maximum absolute atomic E-state index is 12.3. The molecular weight excluding hydrogens is 278 g/mol. The lowest BCUT2D eigenvalue weighted by Crippen LogP contribution is -2.23. The van der Waals surface area contributed by atoms with Gasteiger partial charge in [0.25, 0.3) is 5.91 Å². The van der Waals surface area contributed by atoms with Gasteiger partial charge in [-0.3, -0.25) is 4.79 Å². The van der Waals surface area contributed by atoms with Crippen molar-refractivity contribution in [1.29, 1.82) is 0 Å². The van der Waals surface area contributed by atoms with Gasteiger partial charge in [-0.2, -0.15) is 0 Å². The molecule has 0 radical (unpaired) electrons. The van der Waals surface area contributed by atoms with E-state index in [0.29, 0.717) is 17.9 Å². The van der Waals surface area contributed by atoms with E-state index in [0.717, 1.165) is 22.4 Å². The number of carbonyl (C=O) groups is 1. The van der Waals surface area contributed by atoms with Crippen LogP contribution in [0, 0.1) is 13.8 Å². The minimum atomic E-state index is -0.138. The predicted octanol–water partition coefficient (Wildman–Crippen LogP) is 3.25. The van der Waals surface area contributed by atoms with Crippen LogP contribution in [0.2, 0.25) is 0 Å². The molecule has 0 saturated carbocycles. The third-order valence-electron chi connectivity index (χ3n) is 3.55. The molecule has 4 heteroatoms. The maximum atomic E-state index is 12.3. The molecule has 0 heterocycles.